The number of methoxy groups -OCH3 is 2. The van der Waals surface area contributed by atoms with Gasteiger partial charge in [0.15, 0.2) is 11.5 Å². The molecule has 1 heterocycles. The van der Waals surface area contributed by atoms with Gasteiger partial charge in [0.05, 0.1) is 14.2 Å². The minimum Gasteiger partial charge on any atom is -0.493 e. The van der Waals surface area contributed by atoms with Crippen molar-refractivity contribution in [1.82, 2.24) is 9.88 Å². The number of nitrogens with zero attached hydrogens (tertiary/aromatic N) is 1. The number of ether oxygens (including phenoxy) is 2. The Morgan fingerprint density at radius 1 is 1.05 bits per heavy atom. The van der Waals surface area contributed by atoms with Crippen LogP contribution >= 0.6 is 0 Å². The third kappa shape index (κ3) is 3.61. The van der Waals surface area contributed by atoms with Gasteiger partial charge in [0.25, 0.3) is 0 Å². The van der Waals surface area contributed by atoms with Crippen LogP contribution in [0.3, 0.4) is 0 Å². The van der Waals surface area contributed by atoms with E-state index >= 15 is 0 Å². The predicted molar refractivity (Wildman–Crippen MR) is 85.3 cm³/mol. The van der Waals surface area contributed by atoms with Crippen molar-refractivity contribution in [3.63, 3.8) is 0 Å². The molecule has 0 radical (unpaired) electrons. The summed E-state index contributed by atoms with van der Waals surface area (Å²) in [6.07, 6.45) is 0. The second kappa shape index (κ2) is 7.02. The van der Waals surface area contributed by atoms with Crippen LogP contribution in [0.25, 0.3) is 0 Å². The minimum absolute atomic E-state index is 0.0165. The lowest BCUT2D eigenvalue weighted by Gasteiger charge is -2.12. The summed E-state index contributed by atoms with van der Waals surface area (Å²) in [6.45, 7) is 4.78. The van der Waals surface area contributed by atoms with Crippen molar-refractivity contribution < 1.29 is 14.3 Å². The molecule has 22 heavy (non-hydrogen) atoms. The Balaban J connectivity index is 1.96. The van der Waals surface area contributed by atoms with Crippen LogP contribution in [-0.2, 0) is 17.9 Å². The number of benzene rings is 1. The summed E-state index contributed by atoms with van der Waals surface area (Å²) in [6, 6.07) is 9.63. The van der Waals surface area contributed by atoms with E-state index in [0.717, 1.165) is 17.0 Å². The highest BCUT2D eigenvalue weighted by Gasteiger charge is 2.08. The Hall–Kier alpha value is -2.43. The van der Waals surface area contributed by atoms with Gasteiger partial charge in [0.1, 0.15) is 6.54 Å². The summed E-state index contributed by atoms with van der Waals surface area (Å²) < 4.78 is 12.4. The molecule has 1 amide bonds. The Labute approximate surface area is 130 Å². The first kappa shape index (κ1) is 15.9. The van der Waals surface area contributed by atoms with Crippen molar-refractivity contribution in [2.24, 2.45) is 0 Å². The second-order valence-electron chi connectivity index (χ2n) is 5.17. The number of rotatable bonds is 6. The largest absolute Gasteiger partial charge is 0.493 e. The molecular formula is C17H22N2O3. The number of hydrogen-bond donors (Lipinski definition) is 1. The van der Waals surface area contributed by atoms with E-state index in [0.29, 0.717) is 24.6 Å². The number of carbonyl (C=O) groups excluding carboxylic acids is 1. The van der Waals surface area contributed by atoms with Gasteiger partial charge in [-0.25, -0.2) is 0 Å². The Morgan fingerprint density at radius 3 is 2.27 bits per heavy atom. The fourth-order valence-corrected chi connectivity index (χ4v) is 2.34. The van der Waals surface area contributed by atoms with Crippen LogP contribution < -0.4 is 14.8 Å². The summed E-state index contributed by atoms with van der Waals surface area (Å²) in [4.78, 5) is 12.1. The van der Waals surface area contributed by atoms with Crippen molar-refractivity contribution in [3.05, 3.63) is 47.3 Å². The van der Waals surface area contributed by atoms with Gasteiger partial charge in [-0.05, 0) is 43.7 Å². The maximum Gasteiger partial charge on any atom is 0.240 e. The quantitative estimate of drug-likeness (QED) is 0.891. The molecule has 2 rings (SSSR count). The van der Waals surface area contributed by atoms with Crippen LogP contribution in [0, 0.1) is 13.8 Å². The molecule has 0 aliphatic rings. The molecule has 2 aromatic rings. The zero-order valence-corrected chi connectivity index (χ0v) is 13.5. The number of hydrogen-bond acceptors (Lipinski definition) is 3. The van der Waals surface area contributed by atoms with E-state index in [9.17, 15) is 4.79 Å². The summed E-state index contributed by atoms with van der Waals surface area (Å²) in [5.74, 6) is 1.32. The molecular weight excluding hydrogens is 280 g/mol. The van der Waals surface area contributed by atoms with Crippen molar-refractivity contribution in [3.8, 4) is 11.5 Å². The first-order chi connectivity index (χ1) is 10.5. The minimum atomic E-state index is -0.0165. The molecule has 0 atom stereocenters. The molecule has 0 spiro atoms. The lowest BCUT2D eigenvalue weighted by atomic mass is 10.2. The average molecular weight is 302 g/mol. The van der Waals surface area contributed by atoms with E-state index in [1.165, 1.54) is 0 Å². The lowest BCUT2D eigenvalue weighted by molar-refractivity contribution is -0.121. The highest BCUT2D eigenvalue weighted by molar-refractivity contribution is 5.76. The van der Waals surface area contributed by atoms with Crippen LogP contribution in [0.5, 0.6) is 11.5 Å². The molecule has 0 aliphatic heterocycles. The molecule has 0 unspecified atom stereocenters. The van der Waals surface area contributed by atoms with Gasteiger partial charge in [0, 0.05) is 17.9 Å². The predicted octanol–water partition coefficient (Wildman–Crippen LogP) is 2.44. The maximum absolute atomic E-state index is 12.1. The van der Waals surface area contributed by atoms with E-state index < -0.39 is 0 Å². The second-order valence-corrected chi connectivity index (χ2v) is 5.17. The van der Waals surface area contributed by atoms with Gasteiger partial charge in [-0.3, -0.25) is 4.79 Å². The number of aryl methyl sites for hydroxylation is 2. The summed E-state index contributed by atoms with van der Waals surface area (Å²) >= 11 is 0. The third-order valence-electron chi connectivity index (χ3n) is 3.66. The first-order valence-corrected chi connectivity index (χ1v) is 7.15. The monoisotopic (exact) mass is 302 g/mol. The van der Waals surface area contributed by atoms with Crippen molar-refractivity contribution in [2.45, 2.75) is 26.9 Å². The SMILES string of the molecule is COc1ccc(CNC(=O)Cn2c(C)ccc2C)cc1OC. The van der Waals surface area contributed by atoms with Gasteiger partial charge in [-0.15, -0.1) is 0 Å². The summed E-state index contributed by atoms with van der Waals surface area (Å²) in [5.41, 5.74) is 3.13. The van der Waals surface area contributed by atoms with Crippen molar-refractivity contribution >= 4 is 5.91 Å². The molecule has 0 aliphatic carbocycles. The summed E-state index contributed by atoms with van der Waals surface area (Å²) in [5, 5.41) is 2.92. The highest BCUT2D eigenvalue weighted by atomic mass is 16.5. The molecule has 1 aromatic heterocycles. The fraction of sp³-hybridized carbons (Fsp3) is 0.353. The van der Waals surface area contributed by atoms with Crippen molar-refractivity contribution in [1.29, 1.82) is 0 Å². The summed E-state index contributed by atoms with van der Waals surface area (Å²) in [7, 11) is 3.19. The van der Waals surface area contributed by atoms with Crippen LogP contribution in [0.1, 0.15) is 17.0 Å². The van der Waals surface area contributed by atoms with E-state index in [-0.39, 0.29) is 5.91 Å². The average Bonchev–Trinajstić information content (AvgIpc) is 2.84. The zero-order valence-electron chi connectivity index (χ0n) is 13.5. The lowest BCUT2D eigenvalue weighted by Crippen LogP contribution is -2.27. The number of amides is 1. The van der Waals surface area contributed by atoms with Crippen LogP contribution in [0.2, 0.25) is 0 Å². The van der Waals surface area contributed by atoms with E-state index in [4.69, 9.17) is 9.47 Å². The van der Waals surface area contributed by atoms with Gasteiger partial charge < -0.3 is 19.4 Å². The molecule has 118 valence electrons. The molecule has 0 fully saturated rings. The topological polar surface area (TPSA) is 52.5 Å². The van der Waals surface area contributed by atoms with Crippen LogP contribution in [-0.4, -0.2) is 24.7 Å². The molecule has 5 heteroatoms. The van der Waals surface area contributed by atoms with E-state index in [1.807, 2.05) is 48.7 Å². The maximum atomic E-state index is 12.1. The number of carbonyl (C=O) groups is 1. The smallest absolute Gasteiger partial charge is 0.240 e. The standard InChI is InChI=1S/C17H22N2O3/c1-12-5-6-13(2)19(12)11-17(20)18-10-14-7-8-15(21-3)16(9-14)22-4/h5-9H,10-11H2,1-4H3,(H,18,20). The molecule has 0 saturated heterocycles. The molecule has 1 N–H and O–H groups in total. The van der Waals surface area contributed by atoms with Gasteiger partial charge in [0.2, 0.25) is 5.91 Å². The Morgan fingerprint density at radius 2 is 1.68 bits per heavy atom. The van der Waals surface area contributed by atoms with Gasteiger partial charge >= 0.3 is 0 Å². The zero-order chi connectivity index (χ0) is 16.1. The number of nitrogens with one attached hydrogen (secondary N) is 1. The molecule has 1 aromatic carbocycles. The van der Waals surface area contributed by atoms with Gasteiger partial charge in [-0.1, -0.05) is 6.07 Å². The van der Waals surface area contributed by atoms with E-state index in [1.54, 1.807) is 14.2 Å². The Kier molecular flexibility index (Phi) is 5.09. The molecule has 5 nitrogen and oxygen atoms in total. The highest BCUT2D eigenvalue weighted by Crippen LogP contribution is 2.27. The van der Waals surface area contributed by atoms with E-state index in [2.05, 4.69) is 5.32 Å². The van der Waals surface area contributed by atoms with Crippen LogP contribution in [0.15, 0.2) is 30.3 Å². The first-order valence-electron chi connectivity index (χ1n) is 7.15. The molecule has 0 bridgehead atoms. The number of aromatic nitrogens is 1. The fourth-order valence-electron chi connectivity index (χ4n) is 2.34. The Bertz CT molecular complexity index is 642. The van der Waals surface area contributed by atoms with Crippen LogP contribution in [0.4, 0.5) is 0 Å². The van der Waals surface area contributed by atoms with Gasteiger partial charge in [-0.2, -0.15) is 0 Å². The molecule has 0 saturated carbocycles. The normalized spacial score (nSPS) is 10.4. The third-order valence-corrected chi connectivity index (χ3v) is 3.66. The van der Waals surface area contributed by atoms with Crippen molar-refractivity contribution in [2.75, 3.05) is 14.2 Å².